The van der Waals surface area contributed by atoms with Gasteiger partial charge in [-0.1, -0.05) is 52.4 Å². The van der Waals surface area contributed by atoms with Gasteiger partial charge in [0.05, 0.1) is 11.1 Å². The molecule has 0 saturated heterocycles. The lowest BCUT2D eigenvalue weighted by molar-refractivity contribution is 0.573. The van der Waals surface area contributed by atoms with Gasteiger partial charge in [-0.05, 0) is 19.8 Å². The summed E-state index contributed by atoms with van der Waals surface area (Å²) in [5, 5.41) is 0. The quantitative estimate of drug-likeness (QED) is 0.580. The second-order valence-electron chi connectivity index (χ2n) is 8.12. The average Bonchev–Trinajstić information content (AvgIpc) is 2.70. The zero-order chi connectivity index (χ0) is 21.7. The molecule has 3 heterocycles. The minimum atomic E-state index is -0.398. The van der Waals surface area contributed by atoms with Crippen LogP contribution in [-0.4, -0.2) is 26.1 Å². The molecule has 0 spiro atoms. The van der Waals surface area contributed by atoms with E-state index in [1.807, 2.05) is 11.8 Å². The molecule has 0 bridgehead atoms. The van der Waals surface area contributed by atoms with Crippen molar-refractivity contribution in [3.8, 4) is 0 Å². The maximum absolute atomic E-state index is 13.1. The number of aromatic nitrogens is 4. The fraction of sp³-hybridized carbons (Fsp3) is 0.636. The molecule has 0 radical (unpaired) electrons. The SMILES string of the molecule is CCCCCCCCN1c2nc(C)[nH]c(=O)c2Cc2c1[nH]c(=O)n(CCCC)c2=O. The number of rotatable bonds is 10. The van der Waals surface area contributed by atoms with E-state index in [4.69, 9.17) is 0 Å². The van der Waals surface area contributed by atoms with Crippen LogP contribution in [0, 0.1) is 6.92 Å². The van der Waals surface area contributed by atoms with Crippen LogP contribution in [0.4, 0.5) is 11.6 Å². The highest BCUT2D eigenvalue weighted by molar-refractivity contribution is 5.67. The van der Waals surface area contributed by atoms with Crippen molar-refractivity contribution in [2.75, 3.05) is 11.4 Å². The number of hydrogen-bond acceptors (Lipinski definition) is 5. The Morgan fingerprint density at radius 1 is 0.867 bits per heavy atom. The van der Waals surface area contributed by atoms with Gasteiger partial charge in [-0.2, -0.15) is 0 Å². The molecular formula is C22H33N5O3. The van der Waals surface area contributed by atoms with E-state index in [2.05, 4.69) is 21.9 Å². The molecule has 1 aliphatic heterocycles. The fourth-order valence-electron chi connectivity index (χ4n) is 4.04. The van der Waals surface area contributed by atoms with Crippen LogP contribution in [0.15, 0.2) is 14.4 Å². The van der Waals surface area contributed by atoms with Gasteiger partial charge in [-0.3, -0.25) is 19.1 Å². The number of nitrogens with one attached hydrogen (secondary N) is 2. The fourth-order valence-corrected chi connectivity index (χ4v) is 4.04. The van der Waals surface area contributed by atoms with Crippen molar-refractivity contribution >= 4 is 11.6 Å². The Hall–Kier alpha value is -2.64. The largest absolute Gasteiger partial charge is 0.329 e. The van der Waals surface area contributed by atoms with E-state index in [1.54, 1.807) is 6.92 Å². The first-order chi connectivity index (χ1) is 14.5. The standard InChI is InChI=1S/C22H33N5O3/c1-4-6-8-9-10-11-13-26-18-16(20(28)24-15(3)23-18)14-17-19(26)25-22(30)27(21(17)29)12-7-5-2/h4-14H2,1-3H3,(H,25,30)(H,23,24,28). The van der Waals surface area contributed by atoms with Crippen LogP contribution >= 0.6 is 0 Å². The molecule has 164 valence electrons. The molecule has 0 unspecified atom stereocenters. The Bertz CT molecular complexity index is 1050. The van der Waals surface area contributed by atoms with Crippen LogP contribution in [0.3, 0.4) is 0 Å². The molecule has 3 rings (SSSR count). The Morgan fingerprint density at radius 3 is 2.30 bits per heavy atom. The number of unbranched alkanes of at least 4 members (excludes halogenated alkanes) is 6. The van der Waals surface area contributed by atoms with Crippen LogP contribution < -0.4 is 21.7 Å². The zero-order valence-electron chi connectivity index (χ0n) is 18.3. The molecule has 0 amide bonds. The topological polar surface area (TPSA) is 104 Å². The highest BCUT2D eigenvalue weighted by Crippen LogP contribution is 2.32. The van der Waals surface area contributed by atoms with Crippen molar-refractivity contribution in [3.05, 3.63) is 48.1 Å². The molecule has 0 saturated carbocycles. The van der Waals surface area contributed by atoms with E-state index in [1.165, 1.54) is 23.8 Å². The molecule has 1 aliphatic rings. The molecule has 0 aromatic carbocycles. The molecule has 0 atom stereocenters. The number of H-pyrrole nitrogens is 2. The van der Waals surface area contributed by atoms with Crippen molar-refractivity contribution in [1.82, 2.24) is 19.5 Å². The monoisotopic (exact) mass is 415 g/mol. The molecule has 2 aromatic rings. The van der Waals surface area contributed by atoms with Gasteiger partial charge in [0.15, 0.2) is 0 Å². The Labute approximate surface area is 176 Å². The number of hydrogen-bond donors (Lipinski definition) is 2. The van der Waals surface area contributed by atoms with Crippen molar-refractivity contribution in [1.29, 1.82) is 0 Å². The zero-order valence-corrected chi connectivity index (χ0v) is 18.3. The van der Waals surface area contributed by atoms with E-state index in [9.17, 15) is 14.4 Å². The molecule has 8 heteroatoms. The van der Waals surface area contributed by atoms with Crippen molar-refractivity contribution in [2.24, 2.45) is 0 Å². The van der Waals surface area contributed by atoms with Crippen LogP contribution in [0.5, 0.6) is 0 Å². The third-order valence-electron chi connectivity index (χ3n) is 5.72. The van der Waals surface area contributed by atoms with E-state index in [-0.39, 0.29) is 17.5 Å². The first kappa shape index (κ1) is 22.1. The summed E-state index contributed by atoms with van der Waals surface area (Å²) in [6.07, 6.45) is 8.57. The maximum atomic E-state index is 13.1. The predicted octanol–water partition coefficient (Wildman–Crippen LogP) is 3.13. The number of anilines is 2. The minimum absolute atomic E-state index is 0.183. The van der Waals surface area contributed by atoms with E-state index >= 15 is 0 Å². The lowest BCUT2D eigenvalue weighted by atomic mass is 10.0. The van der Waals surface area contributed by atoms with Crippen LogP contribution in [0.1, 0.15) is 82.2 Å². The van der Waals surface area contributed by atoms with Gasteiger partial charge in [-0.25, -0.2) is 9.78 Å². The molecule has 30 heavy (non-hydrogen) atoms. The number of fused-ring (bicyclic) bond motifs is 2. The summed E-state index contributed by atoms with van der Waals surface area (Å²) in [7, 11) is 0. The smallest absolute Gasteiger partial charge is 0.312 e. The highest BCUT2D eigenvalue weighted by Gasteiger charge is 2.30. The van der Waals surface area contributed by atoms with Crippen LogP contribution in [-0.2, 0) is 13.0 Å². The minimum Gasteiger partial charge on any atom is -0.312 e. The van der Waals surface area contributed by atoms with Crippen LogP contribution in [0.2, 0.25) is 0 Å². The third-order valence-corrected chi connectivity index (χ3v) is 5.72. The first-order valence-corrected chi connectivity index (χ1v) is 11.2. The third kappa shape index (κ3) is 4.57. The Balaban J connectivity index is 1.98. The van der Waals surface area contributed by atoms with Gasteiger partial charge in [-0.15, -0.1) is 0 Å². The summed E-state index contributed by atoms with van der Waals surface area (Å²) in [6.45, 7) is 6.94. The highest BCUT2D eigenvalue weighted by atomic mass is 16.2. The van der Waals surface area contributed by atoms with E-state index < -0.39 is 5.69 Å². The van der Waals surface area contributed by atoms with Gasteiger partial charge in [0.2, 0.25) is 0 Å². The van der Waals surface area contributed by atoms with Crippen molar-refractivity contribution in [3.63, 3.8) is 0 Å². The van der Waals surface area contributed by atoms with Gasteiger partial charge in [0.25, 0.3) is 11.1 Å². The molecule has 8 nitrogen and oxygen atoms in total. The molecule has 2 aromatic heterocycles. The first-order valence-electron chi connectivity index (χ1n) is 11.2. The van der Waals surface area contributed by atoms with Gasteiger partial charge in [0, 0.05) is 19.5 Å². The molecule has 2 N–H and O–H groups in total. The van der Waals surface area contributed by atoms with Crippen LogP contribution in [0.25, 0.3) is 0 Å². The van der Waals surface area contributed by atoms with Crippen molar-refractivity contribution < 1.29 is 0 Å². The van der Waals surface area contributed by atoms with Gasteiger partial charge >= 0.3 is 5.69 Å². The van der Waals surface area contributed by atoms with E-state index in [0.717, 1.165) is 32.1 Å². The molecular weight excluding hydrogens is 382 g/mol. The van der Waals surface area contributed by atoms with Gasteiger partial charge < -0.3 is 9.88 Å². The summed E-state index contributed by atoms with van der Waals surface area (Å²) < 4.78 is 1.26. The Morgan fingerprint density at radius 2 is 1.57 bits per heavy atom. The number of nitrogens with zero attached hydrogens (tertiary/aromatic N) is 3. The summed E-state index contributed by atoms with van der Waals surface area (Å²) >= 11 is 0. The summed E-state index contributed by atoms with van der Waals surface area (Å²) in [5.41, 5.74) is 0.0401. The second kappa shape index (κ2) is 9.91. The number of aryl methyl sites for hydroxylation is 1. The summed E-state index contributed by atoms with van der Waals surface area (Å²) in [4.78, 5) is 50.5. The molecule has 0 aliphatic carbocycles. The van der Waals surface area contributed by atoms with Crippen molar-refractivity contribution in [2.45, 2.75) is 85.1 Å². The average molecular weight is 416 g/mol. The lowest BCUT2D eigenvalue weighted by Gasteiger charge is -2.31. The summed E-state index contributed by atoms with van der Waals surface area (Å²) in [5.74, 6) is 1.57. The molecule has 0 fully saturated rings. The Kier molecular flexibility index (Phi) is 7.29. The maximum Gasteiger partial charge on any atom is 0.329 e. The summed E-state index contributed by atoms with van der Waals surface area (Å²) in [6, 6.07) is 0. The van der Waals surface area contributed by atoms with E-state index in [0.29, 0.717) is 41.7 Å². The lowest BCUT2D eigenvalue weighted by Crippen LogP contribution is -2.43. The number of aromatic amines is 2. The van der Waals surface area contributed by atoms with Gasteiger partial charge in [0.1, 0.15) is 17.5 Å². The second-order valence-corrected chi connectivity index (χ2v) is 8.12. The normalized spacial score (nSPS) is 12.7. The predicted molar refractivity (Wildman–Crippen MR) is 119 cm³/mol.